The maximum atomic E-state index is 14.1. The number of halogens is 3. The van der Waals surface area contributed by atoms with Crippen LogP contribution in [0.4, 0.5) is 4.39 Å². The first-order valence-electron chi connectivity index (χ1n) is 9.08. The lowest BCUT2D eigenvalue weighted by Gasteiger charge is -2.29. The molecule has 0 aliphatic carbocycles. The van der Waals surface area contributed by atoms with Crippen LogP contribution in [0.25, 0.3) is 0 Å². The molecule has 2 aromatic carbocycles. The van der Waals surface area contributed by atoms with E-state index in [1.807, 2.05) is 31.2 Å². The molecule has 150 valence electrons. The Labute approximate surface area is 178 Å². The molecule has 7 heteroatoms. The number of carbonyl (C=O) groups excluding carboxylic acids is 2. The van der Waals surface area contributed by atoms with Crippen molar-refractivity contribution in [2.24, 2.45) is 0 Å². The number of nitrogens with zero attached hydrogens (tertiary/aromatic N) is 1. The van der Waals surface area contributed by atoms with Crippen LogP contribution in [0.15, 0.2) is 46.9 Å². The van der Waals surface area contributed by atoms with E-state index in [2.05, 4.69) is 21.2 Å². The summed E-state index contributed by atoms with van der Waals surface area (Å²) in [6.07, 6.45) is 0.581. The molecule has 4 nitrogen and oxygen atoms in total. The van der Waals surface area contributed by atoms with Crippen molar-refractivity contribution in [3.8, 4) is 0 Å². The molecule has 0 heterocycles. The van der Waals surface area contributed by atoms with Crippen molar-refractivity contribution in [2.75, 3.05) is 6.54 Å². The smallest absolute Gasteiger partial charge is 0.242 e. The molecule has 0 radical (unpaired) electrons. The third kappa shape index (κ3) is 6.04. The molecule has 0 bridgehead atoms. The van der Waals surface area contributed by atoms with Crippen molar-refractivity contribution in [1.29, 1.82) is 0 Å². The molecule has 2 amide bonds. The van der Waals surface area contributed by atoms with Gasteiger partial charge in [-0.2, -0.15) is 0 Å². The normalized spacial score (nSPS) is 11.8. The Morgan fingerprint density at radius 2 is 1.89 bits per heavy atom. The Balaban J connectivity index is 2.26. The molecule has 0 fully saturated rings. The zero-order chi connectivity index (χ0) is 20.7. The molecular formula is C21H23BrClFN2O2. The fourth-order valence-electron chi connectivity index (χ4n) is 2.72. The van der Waals surface area contributed by atoms with Crippen molar-refractivity contribution >= 4 is 39.3 Å². The first-order chi connectivity index (χ1) is 13.3. The molecule has 1 N–H and O–H groups in total. The first-order valence-corrected chi connectivity index (χ1v) is 10.2. The van der Waals surface area contributed by atoms with E-state index in [0.717, 1.165) is 16.5 Å². The van der Waals surface area contributed by atoms with Crippen LogP contribution in [0.2, 0.25) is 5.02 Å². The van der Waals surface area contributed by atoms with Crippen LogP contribution in [0, 0.1) is 5.82 Å². The topological polar surface area (TPSA) is 49.4 Å². The lowest BCUT2D eigenvalue weighted by Crippen LogP contribution is -2.48. The zero-order valence-corrected chi connectivity index (χ0v) is 18.2. The number of rotatable bonds is 8. The van der Waals surface area contributed by atoms with Gasteiger partial charge in [-0.05, 0) is 43.2 Å². The summed E-state index contributed by atoms with van der Waals surface area (Å²) in [4.78, 5) is 26.9. The lowest BCUT2D eigenvalue weighted by molar-refractivity contribution is -0.140. The van der Waals surface area contributed by atoms with Gasteiger partial charge in [0, 0.05) is 28.1 Å². The van der Waals surface area contributed by atoms with E-state index in [9.17, 15) is 14.0 Å². The maximum absolute atomic E-state index is 14.1. The average Bonchev–Trinajstić information content (AvgIpc) is 2.67. The first kappa shape index (κ1) is 22.4. The van der Waals surface area contributed by atoms with Gasteiger partial charge in [0.1, 0.15) is 11.9 Å². The van der Waals surface area contributed by atoms with Crippen molar-refractivity contribution in [3.05, 3.63) is 68.9 Å². The third-order valence-corrected chi connectivity index (χ3v) is 5.26. The molecule has 1 atom stereocenters. The standard InChI is InChI=1S/C21H23BrClFN2O2/c1-3-11-25-21(28)14(2)26(13-15-7-9-16(22)10-8-15)20(27)12-17-18(23)5-4-6-19(17)24/h4-10,14H,3,11-13H2,1-2H3,(H,25,28). The molecule has 1 unspecified atom stereocenters. The Morgan fingerprint density at radius 1 is 1.21 bits per heavy atom. The number of hydrogen-bond donors (Lipinski definition) is 1. The van der Waals surface area contributed by atoms with E-state index in [0.29, 0.717) is 6.54 Å². The summed E-state index contributed by atoms with van der Waals surface area (Å²) in [6, 6.07) is 11.1. The summed E-state index contributed by atoms with van der Waals surface area (Å²) < 4.78 is 15.0. The van der Waals surface area contributed by atoms with Gasteiger partial charge in [0.25, 0.3) is 0 Å². The molecule has 0 spiro atoms. The number of nitrogens with one attached hydrogen (secondary N) is 1. The highest BCUT2D eigenvalue weighted by Gasteiger charge is 2.27. The molecule has 0 saturated heterocycles. The summed E-state index contributed by atoms with van der Waals surface area (Å²) in [6.45, 7) is 4.39. The SMILES string of the molecule is CCCNC(=O)C(C)N(Cc1ccc(Br)cc1)C(=O)Cc1c(F)cccc1Cl. The molecule has 0 aliphatic rings. The number of benzene rings is 2. The van der Waals surface area contributed by atoms with Crippen molar-refractivity contribution < 1.29 is 14.0 Å². The van der Waals surface area contributed by atoms with Gasteiger partial charge in [-0.3, -0.25) is 9.59 Å². The second-order valence-corrected chi connectivity index (χ2v) is 7.81. The monoisotopic (exact) mass is 468 g/mol. The highest BCUT2D eigenvalue weighted by Crippen LogP contribution is 2.22. The summed E-state index contributed by atoms with van der Waals surface area (Å²) in [7, 11) is 0. The number of hydrogen-bond acceptors (Lipinski definition) is 2. The van der Waals surface area contributed by atoms with Crippen molar-refractivity contribution in [2.45, 2.75) is 39.3 Å². The number of carbonyl (C=O) groups is 2. The van der Waals surface area contributed by atoms with Crippen LogP contribution in [0.1, 0.15) is 31.4 Å². The summed E-state index contributed by atoms with van der Waals surface area (Å²) in [5.41, 5.74) is 1.00. The van der Waals surface area contributed by atoms with Gasteiger partial charge in [0.15, 0.2) is 0 Å². The second-order valence-electron chi connectivity index (χ2n) is 6.49. The second kappa shape index (κ2) is 10.6. The van der Waals surface area contributed by atoms with Gasteiger partial charge in [0.05, 0.1) is 6.42 Å². The van der Waals surface area contributed by atoms with Crippen LogP contribution < -0.4 is 5.32 Å². The minimum absolute atomic E-state index is 0.135. The fraction of sp³-hybridized carbons (Fsp3) is 0.333. The number of amides is 2. The molecular weight excluding hydrogens is 447 g/mol. The predicted octanol–water partition coefficient (Wildman–Crippen LogP) is 4.73. The lowest BCUT2D eigenvalue weighted by atomic mass is 10.1. The van der Waals surface area contributed by atoms with E-state index in [1.165, 1.54) is 17.0 Å². The van der Waals surface area contributed by atoms with Crippen molar-refractivity contribution in [1.82, 2.24) is 10.2 Å². The van der Waals surface area contributed by atoms with Gasteiger partial charge in [-0.15, -0.1) is 0 Å². The Morgan fingerprint density at radius 3 is 2.50 bits per heavy atom. The predicted molar refractivity (Wildman–Crippen MR) is 113 cm³/mol. The van der Waals surface area contributed by atoms with Gasteiger partial charge in [-0.1, -0.05) is 52.7 Å². The molecule has 0 aromatic heterocycles. The Bertz CT molecular complexity index is 809. The molecule has 0 saturated carbocycles. The maximum Gasteiger partial charge on any atom is 0.242 e. The minimum atomic E-state index is -0.701. The molecule has 28 heavy (non-hydrogen) atoms. The highest BCUT2D eigenvalue weighted by atomic mass is 79.9. The van der Waals surface area contributed by atoms with Crippen LogP contribution in [0.3, 0.4) is 0 Å². The van der Waals surface area contributed by atoms with Crippen LogP contribution in [-0.2, 0) is 22.6 Å². The van der Waals surface area contributed by atoms with Crippen LogP contribution >= 0.6 is 27.5 Å². The molecule has 2 rings (SSSR count). The van der Waals surface area contributed by atoms with E-state index in [-0.39, 0.29) is 35.4 Å². The van der Waals surface area contributed by atoms with Gasteiger partial charge in [0.2, 0.25) is 11.8 Å². The third-order valence-electron chi connectivity index (χ3n) is 4.37. The zero-order valence-electron chi connectivity index (χ0n) is 15.8. The van der Waals surface area contributed by atoms with Gasteiger partial charge in [-0.25, -0.2) is 4.39 Å². The van der Waals surface area contributed by atoms with E-state index in [1.54, 1.807) is 13.0 Å². The van der Waals surface area contributed by atoms with Crippen molar-refractivity contribution in [3.63, 3.8) is 0 Å². The summed E-state index contributed by atoms with van der Waals surface area (Å²) in [5, 5.41) is 3.00. The minimum Gasteiger partial charge on any atom is -0.354 e. The largest absolute Gasteiger partial charge is 0.354 e. The Kier molecular flexibility index (Phi) is 8.45. The van der Waals surface area contributed by atoms with E-state index in [4.69, 9.17) is 11.6 Å². The highest BCUT2D eigenvalue weighted by molar-refractivity contribution is 9.10. The van der Waals surface area contributed by atoms with E-state index >= 15 is 0 Å². The Hall–Kier alpha value is -1.92. The molecule has 0 aliphatic heterocycles. The molecule has 2 aromatic rings. The van der Waals surface area contributed by atoms with E-state index < -0.39 is 11.9 Å². The quantitative estimate of drug-likeness (QED) is 0.608. The fourth-order valence-corrected chi connectivity index (χ4v) is 3.21. The van der Waals surface area contributed by atoms with Crippen LogP contribution in [0.5, 0.6) is 0 Å². The average molecular weight is 470 g/mol. The summed E-state index contributed by atoms with van der Waals surface area (Å²) >= 11 is 9.45. The van der Waals surface area contributed by atoms with Gasteiger partial charge < -0.3 is 10.2 Å². The van der Waals surface area contributed by atoms with Crippen LogP contribution in [-0.4, -0.2) is 29.3 Å². The summed E-state index contributed by atoms with van der Waals surface area (Å²) in [5.74, 6) is -1.14. The van der Waals surface area contributed by atoms with Gasteiger partial charge >= 0.3 is 0 Å².